The Kier molecular flexibility index (Phi) is 11.8. The molecule has 11 heteroatoms. The summed E-state index contributed by atoms with van der Waals surface area (Å²) in [4.78, 5) is 28.9. The smallest absolute Gasteiger partial charge is 0.373 e. The third-order valence-corrected chi connectivity index (χ3v) is 8.00. The van der Waals surface area contributed by atoms with Crippen LogP contribution in [-0.4, -0.2) is 42.0 Å². The van der Waals surface area contributed by atoms with Gasteiger partial charge in [0.15, 0.2) is 6.35 Å². The first-order valence-electron chi connectivity index (χ1n) is 13.9. The highest BCUT2D eigenvalue weighted by molar-refractivity contribution is 7.53. The van der Waals surface area contributed by atoms with Gasteiger partial charge in [-0.05, 0) is 109 Å². The second kappa shape index (κ2) is 14.0. The summed E-state index contributed by atoms with van der Waals surface area (Å²) in [5, 5.41) is 10.1. The second-order valence-electron chi connectivity index (χ2n) is 12.7. The Morgan fingerprint density at radius 1 is 0.905 bits per heavy atom. The number of esters is 2. The predicted molar refractivity (Wildman–Crippen MR) is 160 cm³/mol. The van der Waals surface area contributed by atoms with Crippen molar-refractivity contribution < 1.29 is 42.5 Å². The minimum absolute atomic E-state index is 0.0822. The number of aromatic nitrogens is 1. The topological polar surface area (TPSA) is 130 Å². The van der Waals surface area contributed by atoms with E-state index in [2.05, 4.69) is 4.98 Å². The highest BCUT2D eigenvalue weighted by Crippen LogP contribution is 2.49. The van der Waals surface area contributed by atoms with Crippen molar-refractivity contribution in [2.45, 2.75) is 88.5 Å². The number of aryl methyl sites for hydroxylation is 1. The van der Waals surface area contributed by atoms with Crippen LogP contribution >= 0.6 is 7.60 Å². The maximum absolute atomic E-state index is 13.6. The van der Waals surface area contributed by atoms with Crippen molar-refractivity contribution in [2.75, 3.05) is 19.9 Å². The average molecular weight is 608 g/mol. The lowest BCUT2D eigenvalue weighted by molar-refractivity contribution is -0.162. The van der Waals surface area contributed by atoms with Gasteiger partial charge in [0.2, 0.25) is 13.6 Å². The molecule has 0 aliphatic carbocycles. The van der Waals surface area contributed by atoms with Crippen LogP contribution in [0.1, 0.15) is 94.9 Å². The molecule has 0 unspecified atom stereocenters. The Morgan fingerprint density at radius 3 is 1.90 bits per heavy atom. The van der Waals surface area contributed by atoms with E-state index < -0.39 is 50.3 Å². The van der Waals surface area contributed by atoms with Crippen molar-refractivity contribution in [3.05, 3.63) is 51.8 Å². The van der Waals surface area contributed by atoms with E-state index in [9.17, 15) is 19.3 Å². The third kappa shape index (κ3) is 9.82. The van der Waals surface area contributed by atoms with Gasteiger partial charge in [-0.25, -0.2) is 0 Å². The van der Waals surface area contributed by atoms with Crippen molar-refractivity contribution in [1.82, 2.24) is 4.98 Å². The number of hydrogen-bond acceptors (Lipinski definition) is 10. The average Bonchev–Trinajstić information content (AvgIpc) is 2.87. The fourth-order valence-corrected chi connectivity index (χ4v) is 4.70. The summed E-state index contributed by atoms with van der Waals surface area (Å²) in [6, 6.07) is 5.32. The first-order valence-corrected chi connectivity index (χ1v) is 15.6. The van der Waals surface area contributed by atoms with E-state index in [-0.39, 0.29) is 11.7 Å². The zero-order valence-corrected chi connectivity index (χ0v) is 27.6. The lowest BCUT2D eigenvalue weighted by Crippen LogP contribution is -2.25. The van der Waals surface area contributed by atoms with Crippen LogP contribution in [0.5, 0.6) is 11.5 Å². The van der Waals surface area contributed by atoms with Crippen LogP contribution in [0.2, 0.25) is 0 Å². The lowest BCUT2D eigenvalue weighted by atomic mass is 9.93. The summed E-state index contributed by atoms with van der Waals surface area (Å²) < 4.78 is 40.5. The molecule has 0 fully saturated rings. The quantitative estimate of drug-likeness (QED) is 0.152. The van der Waals surface area contributed by atoms with Gasteiger partial charge in [0.1, 0.15) is 11.5 Å². The van der Waals surface area contributed by atoms with E-state index in [0.717, 1.165) is 27.9 Å². The van der Waals surface area contributed by atoms with Crippen LogP contribution in [0.4, 0.5) is 0 Å². The number of aromatic hydroxyl groups is 1. The van der Waals surface area contributed by atoms with Crippen LogP contribution in [0, 0.1) is 31.6 Å². The largest absolute Gasteiger partial charge is 0.506 e. The van der Waals surface area contributed by atoms with Gasteiger partial charge >= 0.3 is 19.5 Å². The number of carbonyl (C=O) groups is 2. The van der Waals surface area contributed by atoms with Gasteiger partial charge in [-0.1, -0.05) is 13.8 Å². The standard InChI is InChI=1S/C31H46NO9P/c1-19(2)27-25(33)13-12-23(32-27)15-24-20(3)14-26(22(5)21(24)4)39-18-42(36,40-16-37-28(34)30(6,7)8)41-17-38-29(35)31(9,10)11/h12-14,19,33H,15-18H2,1-11H3. The van der Waals surface area contributed by atoms with Gasteiger partial charge in [0, 0.05) is 12.1 Å². The van der Waals surface area contributed by atoms with Crippen molar-refractivity contribution in [2.24, 2.45) is 10.8 Å². The predicted octanol–water partition coefficient (Wildman–Crippen LogP) is 7.08. The molecule has 0 aliphatic heterocycles. The van der Waals surface area contributed by atoms with E-state index in [1.54, 1.807) is 47.6 Å². The number of rotatable bonds is 12. The van der Waals surface area contributed by atoms with Gasteiger partial charge in [-0.2, -0.15) is 0 Å². The third-order valence-electron chi connectivity index (χ3n) is 6.55. The molecule has 0 radical (unpaired) electrons. The van der Waals surface area contributed by atoms with Crippen molar-refractivity contribution in [1.29, 1.82) is 0 Å². The molecule has 1 N–H and O–H groups in total. The van der Waals surface area contributed by atoms with Gasteiger partial charge in [-0.3, -0.25) is 28.2 Å². The molecular weight excluding hydrogens is 561 g/mol. The lowest BCUT2D eigenvalue weighted by Gasteiger charge is -2.23. The minimum atomic E-state index is -4.05. The minimum Gasteiger partial charge on any atom is -0.506 e. The Bertz CT molecular complexity index is 1290. The number of pyridine rings is 1. The Morgan fingerprint density at radius 2 is 1.43 bits per heavy atom. The van der Waals surface area contributed by atoms with Gasteiger partial charge < -0.3 is 19.3 Å². The number of nitrogens with zero attached hydrogens (tertiary/aromatic N) is 1. The molecule has 10 nitrogen and oxygen atoms in total. The van der Waals surface area contributed by atoms with Crippen molar-refractivity contribution in [3.63, 3.8) is 0 Å². The van der Waals surface area contributed by atoms with Crippen LogP contribution in [0.25, 0.3) is 0 Å². The summed E-state index contributed by atoms with van der Waals surface area (Å²) >= 11 is 0. The molecule has 42 heavy (non-hydrogen) atoms. The molecule has 1 aromatic carbocycles. The van der Waals surface area contributed by atoms with Crippen molar-refractivity contribution >= 4 is 19.5 Å². The molecule has 0 bridgehead atoms. The summed E-state index contributed by atoms with van der Waals surface area (Å²) in [7, 11) is -4.05. The Hall–Kier alpha value is -2.94. The van der Waals surface area contributed by atoms with E-state index in [1.807, 2.05) is 46.8 Å². The monoisotopic (exact) mass is 607 g/mol. The molecule has 0 amide bonds. The zero-order chi connectivity index (χ0) is 32.0. The number of ether oxygens (including phenoxy) is 3. The second-order valence-corrected chi connectivity index (χ2v) is 14.7. The molecular formula is C31H46NO9P. The maximum atomic E-state index is 13.6. The fourth-order valence-electron chi connectivity index (χ4n) is 3.75. The molecule has 1 heterocycles. The van der Waals surface area contributed by atoms with Crippen molar-refractivity contribution in [3.8, 4) is 11.5 Å². The summed E-state index contributed by atoms with van der Waals surface area (Å²) in [6.45, 7) is 18.6. The first kappa shape index (κ1) is 35.3. The molecule has 2 rings (SSSR count). The SMILES string of the molecule is Cc1cc(OCP(=O)(OCOC(=O)C(C)(C)C)OCOC(=O)C(C)(C)C)c(C)c(C)c1Cc1ccc(O)c(C(C)C)n1. The number of carbonyl (C=O) groups excluding carboxylic acids is 2. The molecule has 0 saturated carbocycles. The summed E-state index contributed by atoms with van der Waals surface area (Å²) in [6.07, 6.45) is 0.0469. The molecule has 0 aliphatic rings. The van der Waals surface area contributed by atoms with Crippen LogP contribution in [0.15, 0.2) is 18.2 Å². The highest BCUT2D eigenvalue weighted by Gasteiger charge is 2.31. The molecule has 0 spiro atoms. The fraction of sp³-hybridized carbons (Fsp3) is 0.581. The number of hydrogen-bond donors (Lipinski definition) is 1. The number of benzene rings is 1. The van der Waals surface area contributed by atoms with Crippen LogP contribution < -0.4 is 4.74 Å². The van der Waals surface area contributed by atoms with E-state index in [1.165, 1.54) is 0 Å². The van der Waals surface area contributed by atoms with Crippen LogP contribution in [0.3, 0.4) is 0 Å². The Balaban J connectivity index is 2.24. The summed E-state index contributed by atoms with van der Waals surface area (Å²) in [5.41, 5.74) is 3.70. The first-order chi connectivity index (χ1) is 19.2. The van der Waals surface area contributed by atoms with E-state index >= 15 is 0 Å². The van der Waals surface area contributed by atoms with Gasteiger partial charge in [0.05, 0.1) is 16.5 Å². The zero-order valence-electron chi connectivity index (χ0n) is 26.7. The Labute approximate surface area is 249 Å². The highest BCUT2D eigenvalue weighted by atomic mass is 31.2. The molecule has 0 atom stereocenters. The van der Waals surface area contributed by atoms with Gasteiger partial charge in [-0.15, -0.1) is 0 Å². The maximum Gasteiger partial charge on any atom is 0.373 e. The molecule has 2 aromatic rings. The molecule has 234 valence electrons. The van der Waals surface area contributed by atoms with Gasteiger partial charge in [0.25, 0.3) is 0 Å². The van der Waals surface area contributed by atoms with Crippen LogP contribution in [-0.2, 0) is 39.1 Å². The van der Waals surface area contributed by atoms with E-state index in [0.29, 0.717) is 17.9 Å². The molecule has 1 aromatic heterocycles. The summed E-state index contributed by atoms with van der Waals surface area (Å²) in [5.74, 6) is -0.358. The molecule has 0 saturated heterocycles. The normalized spacial score (nSPS) is 12.4. The van der Waals surface area contributed by atoms with E-state index in [4.69, 9.17) is 23.3 Å².